The lowest BCUT2D eigenvalue weighted by atomic mass is 10.1. The fraction of sp³-hybridized carbons (Fsp3) is 0.545. The number of methoxy groups -OCH3 is 1. The van der Waals surface area contributed by atoms with Crippen molar-refractivity contribution in [2.45, 2.75) is 23.8 Å². The largest absolute Gasteiger partial charge is 0.380 e. The monoisotopic (exact) mass is 306 g/mol. The molecule has 1 N–H and O–H groups in total. The number of hydrogen-bond acceptors (Lipinski definition) is 4. The molecule has 0 aromatic carbocycles. The van der Waals surface area contributed by atoms with E-state index in [9.17, 15) is 13.2 Å². The number of likely N-dealkylation sites (tertiary alicyclic amines) is 1. The lowest BCUT2D eigenvalue weighted by molar-refractivity contribution is 0.0266. The van der Waals surface area contributed by atoms with E-state index in [1.807, 2.05) is 0 Å². The second kappa shape index (κ2) is 5.52. The van der Waals surface area contributed by atoms with Crippen LogP contribution in [0.1, 0.15) is 23.3 Å². The molecule has 19 heavy (non-hydrogen) atoms. The number of hydrogen-bond donors (Lipinski definition) is 1. The molecule has 0 radical (unpaired) electrons. The number of carbonyl (C=O) groups is 1. The van der Waals surface area contributed by atoms with E-state index >= 15 is 0 Å². The summed E-state index contributed by atoms with van der Waals surface area (Å²) in [5, 5.41) is 0. The molecule has 1 aromatic heterocycles. The van der Waals surface area contributed by atoms with Crippen molar-refractivity contribution in [3.05, 3.63) is 18.0 Å². The maximum absolute atomic E-state index is 12.2. The number of aromatic nitrogens is 1. The summed E-state index contributed by atoms with van der Waals surface area (Å²) < 4.78 is 27.5. The van der Waals surface area contributed by atoms with Crippen molar-refractivity contribution in [2.75, 3.05) is 20.2 Å². The van der Waals surface area contributed by atoms with Crippen LogP contribution in [-0.4, -0.2) is 50.5 Å². The number of rotatable bonds is 3. The quantitative estimate of drug-likeness (QED) is 0.851. The number of piperidine rings is 1. The molecule has 1 saturated heterocycles. The van der Waals surface area contributed by atoms with Crippen LogP contribution in [0.4, 0.5) is 0 Å². The molecule has 0 saturated carbocycles. The van der Waals surface area contributed by atoms with Crippen LogP contribution in [0.2, 0.25) is 0 Å². The highest BCUT2D eigenvalue weighted by atomic mass is 35.7. The van der Waals surface area contributed by atoms with Crippen LogP contribution in [-0.2, 0) is 13.8 Å². The third-order valence-electron chi connectivity index (χ3n) is 3.17. The van der Waals surface area contributed by atoms with Gasteiger partial charge in [0.1, 0.15) is 10.6 Å². The van der Waals surface area contributed by atoms with Crippen molar-refractivity contribution < 1.29 is 17.9 Å². The molecule has 2 heterocycles. The molecule has 0 bridgehead atoms. The van der Waals surface area contributed by atoms with E-state index in [0.29, 0.717) is 13.1 Å². The van der Waals surface area contributed by atoms with E-state index in [4.69, 9.17) is 15.4 Å². The first-order valence-corrected chi connectivity index (χ1v) is 8.18. The van der Waals surface area contributed by atoms with Gasteiger partial charge in [0, 0.05) is 37.1 Å². The van der Waals surface area contributed by atoms with Gasteiger partial charge in [-0.3, -0.25) is 4.79 Å². The van der Waals surface area contributed by atoms with Gasteiger partial charge in [0.2, 0.25) is 0 Å². The first-order valence-electron chi connectivity index (χ1n) is 5.87. The highest BCUT2D eigenvalue weighted by molar-refractivity contribution is 8.13. The van der Waals surface area contributed by atoms with Crippen molar-refractivity contribution in [1.29, 1.82) is 0 Å². The van der Waals surface area contributed by atoms with Gasteiger partial charge >= 0.3 is 0 Å². The van der Waals surface area contributed by atoms with Gasteiger partial charge in [0.05, 0.1) is 6.10 Å². The van der Waals surface area contributed by atoms with Crippen molar-refractivity contribution in [3.8, 4) is 0 Å². The Bertz CT molecular complexity index is 569. The van der Waals surface area contributed by atoms with Gasteiger partial charge < -0.3 is 14.6 Å². The molecular formula is C11H15ClN2O4S. The second-order valence-electron chi connectivity index (χ2n) is 4.44. The average Bonchev–Trinajstić information content (AvgIpc) is 2.87. The van der Waals surface area contributed by atoms with E-state index in [-0.39, 0.29) is 22.6 Å². The average molecular weight is 307 g/mol. The zero-order valence-corrected chi connectivity index (χ0v) is 12.0. The van der Waals surface area contributed by atoms with Crippen LogP contribution < -0.4 is 0 Å². The number of nitrogens with one attached hydrogen (secondary N) is 1. The SMILES string of the molecule is COC1CCCN(C(=O)c2cc(S(=O)(=O)Cl)c[nH]2)C1. The number of halogens is 1. The van der Waals surface area contributed by atoms with Gasteiger partial charge in [-0.1, -0.05) is 0 Å². The first kappa shape index (κ1) is 14.4. The summed E-state index contributed by atoms with van der Waals surface area (Å²) in [4.78, 5) is 16.4. The van der Waals surface area contributed by atoms with Crippen LogP contribution in [0.15, 0.2) is 17.2 Å². The molecule has 8 heteroatoms. The van der Waals surface area contributed by atoms with E-state index < -0.39 is 9.05 Å². The molecule has 1 aromatic rings. The Kier molecular flexibility index (Phi) is 4.17. The fourth-order valence-corrected chi connectivity index (χ4v) is 2.85. The maximum Gasteiger partial charge on any atom is 0.270 e. The maximum atomic E-state index is 12.2. The Hall–Kier alpha value is -1.05. The number of amides is 1. The van der Waals surface area contributed by atoms with E-state index in [1.165, 1.54) is 12.3 Å². The van der Waals surface area contributed by atoms with Gasteiger partial charge in [-0.25, -0.2) is 8.42 Å². The Balaban J connectivity index is 2.13. The van der Waals surface area contributed by atoms with Gasteiger partial charge in [0.25, 0.3) is 15.0 Å². The second-order valence-corrected chi connectivity index (χ2v) is 7.00. The van der Waals surface area contributed by atoms with Crippen molar-refractivity contribution in [3.63, 3.8) is 0 Å². The van der Waals surface area contributed by atoms with Crippen LogP contribution in [0.5, 0.6) is 0 Å². The molecule has 1 amide bonds. The summed E-state index contributed by atoms with van der Waals surface area (Å²) in [5.41, 5.74) is 0.218. The number of H-pyrrole nitrogens is 1. The van der Waals surface area contributed by atoms with Crippen molar-refractivity contribution in [2.24, 2.45) is 0 Å². The van der Waals surface area contributed by atoms with Crippen molar-refractivity contribution >= 4 is 25.6 Å². The van der Waals surface area contributed by atoms with Crippen LogP contribution in [0, 0.1) is 0 Å². The summed E-state index contributed by atoms with van der Waals surface area (Å²) in [5.74, 6) is -0.242. The predicted octanol–water partition coefficient (Wildman–Crippen LogP) is 1.19. The number of ether oxygens (including phenoxy) is 1. The van der Waals surface area contributed by atoms with E-state index in [0.717, 1.165) is 12.8 Å². The molecular weight excluding hydrogens is 292 g/mol. The van der Waals surface area contributed by atoms with Gasteiger partial charge in [0.15, 0.2) is 0 Å². The minimum Gasteiger partial charge on any atom is -0.380 e. The molecule has 1 aliphatic rings. The molecule has 1 atom stereocenters. The fourth-order valence-electron chi connectivity index (χ4n) is 2.12. The Morgan fingerprint density at radius 2 is 2.32 bits per heavy atom. The van der Waals surface area contributed by atoms with Crippen LogP contribution in [0.3, 0.4) is 0 Å². The molecule has 0 spiro atoms. The molecule has 106 valence electrons. The predicted molar refractivity (Wildman–Crippen MR) is 69.8 cm³/mol. The summed E-state index contributed by atoms with van der Waals surface area (Å²) >= 11 is 0. The standard InChI is InChI=1S/C11H15ClN2O4S/c1-18-8-3-2-4-14(7-8)11(15)10-5-9(6-13-10)19(12,16)17/h5-6,8,13H,2-4,7H2,1H3. The molecule has 0 aliphatic carbocycles. The van der Waals surface area contributed by atoms with Gasteiger partial charge in [-0.2, -0.15) is 0 Å². The molecule has 1 aliphatic heterocycles. The summed E-state index contributed by atoms with van der Waals surface area (Å²) in [6.07, 6.45) is 3.04. The van der Waals surface area contributed by atoms with Crippen LogP contribution in [0.25, 0.3) is 0 Å². The Labute approximate surface area is 116 Å². The van der Waals surface area contributed by atoms with Crippen molar-refractivity contribution in [1.82, 2.24) is 9.88 Å². The van der Waals surface area contributed by atoms with Crippen LogP contribution >= 0.6 is 10.7 Å². The summed E-state index contributed by atoms with van der Waals surface area (Å²) in [6, 6.07) is 1.25. The highest BCUT2D eigenvalue weighted by Gasteiger charge is 2.26. The molecule has 1 fully saturated rings. The lowest BCUT2D eigenvalue weighted by Gasteiger charge is -2.31. The topological polar surface area (TPSA) is 79.5 Å². The Morgan fingerprint density at radius 3 is 2.89 bits per heavy atom. The third-order valence-corrected chi connectivity index (χ3v) is 4.50. The molecule has 6 nitrogen and oxygen atoms in total. The minimum absolute atomic E-state index is 0.0314. The van der Waals surface area contributed by atoms with Gasteiger partial charge in [-0.15, -0.1) is 0 Å². The van der Waals surface area contributed by atoms with E-state index in [2.05, 4.69) is 4.98 Å². The summed E-state index contributed by atoms with van der Waals surface area (Å²) in [7, 11) is 3.02. The minimum atomic E-state index is -3.82. The van der Waals surface area contributed by atoms with Gasteiger partial charge in [-0.05, 0) is 18.9 Å². The van der Waals surface area contributed by atoms with E-state index in [1.54, 1.807) is 12.0 Å². The third kappa shape index (κ3) is 3.29. The normalized spacial score (nSPS) is 20.5. The zero-order chi connectivity index (χ0) is 14.0. The summed E-state index contributed by atoms with van der Waals surface area (Å²) in [6.45, 7) is 1.15. The molecule has 2 rings (SSSR count). The zero-order valence-electron chi connectivity index (χ0n) is 10.4. The first-order chi connectivity index (χ1) is 8.91. The number of aromatic amines is 1. The molecule has 1 unspecified atom stereocenters. The number of nitrogens with zero attached hydrogens (tertiary/aromatic N) is 1. The smallest absolute Gasteiger partial charge is 0.270 e. The Morgan fingerprint density at radius 1 is 1.58 bits per heavy atom. The lowest BCUT2D eigenvalue weighted by Crippen LogP contribution is -2.43. The highest BCUT2D eigenvalue weighted by Crippen LogP contribution is 2.19. The number of carbonyl (C=O) groups excluding carboxylic acids is 1.